The van der Waals surface area contributed by atoms with E-state index in [1.54, 1.807) is 13.8 Å². The fraction of sp³-hybridized carbons (Fsp3) is 0.923. The van der Waals surface area contributed by atoms with E-state index >= 15 is 0 Å². The van der Waals surface area contributed by atoms with Crippen LogP contribution in [-0.2, 0) is 19.0 Å². The minimum Gasteiger partial charge on any atom is -0.462 e. The number of hydrogen-bond donors (Lipinski definition) is 0. The number of rotatable bonds is 4. The number of ether oxygens (including phenoxy) is 3. The van der Waals surface area contributed by atoms with Crippen LogP contribution in [0.2, 0.25) is 0 Å². The third kappa shape index (κ3) is 6.64. The Morgan fingerprint density at radius 2 is 1.24 bits per heavy atom. The molecule has 0 radical (unpaired) electrons. The zero-order chi connectivity index (χ0) is 13.9. The summed E-state index contributed by atoms with van der Waals surface area (Å²) < 4.78 is 16.4. The second kappa shape index (κ2) is 5.36. The SMILES string of the molecule is CCOC(=O)C(C)(OC(C)(C)C)OC(C)(C)C. The van der Waals surface area contributed by atoms with Crippen molar-refractivity contribution < 1.29 is 19.0 Å². The molecule has 0 aliphatic heterocycles. The van der Waals surface area contributed by atoms with Crippen molar-refractivity contribution in [1.29, 1.82) is 0 Å². The van der Waals surface area contributed by atoms with Crippen LogP contribution >= 0.6 is 0 Å². The predicted octanol–water partition coefficient (Wildman–Crippen LogP) is 2.90. The van der Waals surface area contributed by atoms with Gasteiger partial charge < -0.3 is 14.2 Å². The molecule has 0 heterocycles. The van der Waals surface area contributed by atoms with Crippen molar-refractivity contribution in [2.24, 2.45) is 0 Å². The third-order valence-electron chi connectivity index (χ3n) is 1.65. The van der Waals surface area contributed by atoms with Crippen molar-refractivity contribution in [3.05, 3.63) is 0 Å². The van der Waals surface area contributed by atoms with Crippen molar-refractivity contribution in [3.8, 4) is 0 Å². The van der Waals surface area contributed by atoms with Gasteiger partial charge in [-0.05, 0) is 48.5 Å². The van der Waals surface area contributed by atoms with E-state index in [-0.39, 0.29) is 0 Å². The van der Waals surface area contributed by atoms with Crippen LogP contribution < -0.4 is 0 Å². The monoisotopic (exact) mass is 246 g/mol. The van der Waals surface area contributed by atoms with Crippen LogP contribution in [0.1, 0.15) is 55.4 Å². The first-order valence-corrected chi connectivity index (χ1v) is 5.97. The van der Waals surface area contributed by atoms with Crippen molar-refractivity contribution in [2.75, 3.05) is 6.61 Å². The lowest BCUT2D eigenvalue weighted by Gasteiger charge is -2.38. The predicted molar refractivity (Wildman–Crippen MR) is 66.7 cm³/mol. The molecule has 4 nitrogen and oxygen atoms in total. The van der Waals surface area contributed by atoms with E-state index in [0.717, 1.165) is 0 Å². The molecule has 0 aromatic rings. The Kier molecular flexibility index (Phi) is 5.16. The minimum atomic E-state index is -1.38. The zero-order valence-electron chi connectivity index (χ0n) is 12.3. The maximum absolute atomic E-state index is 11.9. The molecule has 17 heavy (non-hydrogen) atoms. The molecule has 0 rings (SSSR count). The summed E-state index contributed by atoms with van der Waals surface area (Å²) in [6, 6.07) is 0. The topological polar surface area (TPSA) is 44.8 Å². The smallest absolute Gasteiger partial charge is 0.366 e. The highest BCUT2D eigenvalue weighted by Crippen LogP contribution is 2.28. The van der Waals surface area contributed by atoms with Gasteiger partial charge in [0.2, 0.25) is 0 Å². The molecule has 102 valence electrons. The molecule has 0 amide bonds. The summed E-state index contributed by atoms with van der Waals surface area (Å²) in [4.78, 5) is 11.9. The number of hydrogen-bond acceptors (Lipinski definition) is 4. The van der Waals surface area contributed by atoms with Gasteiger partial charge in [-0.1, -0.05) is 0 Å². The first kappa shape index (κ1) is 16.4. The molecule has 0 aromatic carbocycles. The summed E-state index contributed by atoms with van der Waals surface area (Å²) in [6.45, 7) is 14.9. The lowest BCUT2D eigenvalue weighted by molar-refractivity contribution is -0.297. The molecule has 0 saturated carbocycles. The van der Waals surface area contributed by atoms with Gasteiger partial charge in [0, 0.05) is 6.92 Å². The van der Waals surface area contributed by atoms with Gasteiger partial charge in [-0.3, -0.25) is 0 Å². The standard InChI is InChI=1S/C13H26O4/c1-9-15-10(14)13(8,16-11(2,3)4)17-12(5,6)7/h9H2,1-8H3. The Balaban J connectivity index is 5.00. The Bertz CT molecular complexity index is 242. The van der Waals surface area contributed by atoms with E-state index in [1.165, 1.54) is 0 Å². The highest BCUT2D eigenvalue weighted by atomic mass is 16.7. The summed E-state index contributed by atoms with van der Waals surface area (Å²) in [5.74, 6) is -1.88. The highest BCUT2D eigenvalue weighted by molar-refractivity contribution is 5.77. The van der Waals surface area contributed by atoms with Crippen LogP contribution in [0.3, 0.4) is 0 Å². The maximum Gasteiger partial charge on any atom is 0.366 e. The number of carbonyl (C=O) groups excluding carboxylic acids is 1. The molecule has 0 fully saturated rings. The van der Waals surface area contributed by atoms with Crippen LogP contribution in [0.4, 0.5) is 0 Å². The van der Waals surface area contributed by atoms with Gasteiger partial charge in [-0.15, -0.1) is 0 Å². The summed E-state index contributed by atoms with van der Waals surface area (Å²) in [7, 11) is 0. The fourth-order valence-electron chi connectivity index (χ4n) is 1.53. The van der Waals surface area contributed by atoms with Gasteiger partial charge in [0.15, 0.2) is 0 Å². The van der Waals surface area contributed by atoms with Crippen molar-refractivity contribution >= 4 is 5.97 Å². The van der Waals surface area contributed by atoms with Crippen molar-refractivity contribution in [1.82, 2.24) is 0 Å². The first-order valence-electron chi connectivity index (χ1n) is 5.97. The van der Waals surface area contributed by atoms with Crippen LogP contribution in [0, 0.1) is 0 Å². The second-order valence-electron chi connectivity index (χ2n) is 6.10. The first-order chi connectivity index (χ1) is 7.40. The Hall–Kier alpha value is -0.610. The maximum atomic E-state index is 11.9. The quantitative estimate of drug-likeness (QED) is 0.565. The van der Waals surface area contributed by atoms with E-state index < -0.39 is 23.0 Å². The molecule has 0 spiro atoms. The Morgan fingerprint density at radius 1 is 0.882 bits per heavy atom. The van der Waals surface area contributed by atoms with E-state index in [0.29, 0.717) is 6.61 Å². The van der Waals surface area contributed by atoms with E-state index in [2.05, 4.69) is 0 Å². The summed E-state index contributed by atoms with van der Waals surface area (Å²) >= 11 is 0. The van der Waals surface area contributed by atoms with Crippen molar-refractivity contribution in [3.63, 3.8) is 0 Å². The average Bonchev–Trinajstić information content (AvgIpc) is 1.96. The minimum absolute atomic E-state index is 0.301. The molecule has 0 N–H and O–H groups in total. The molecule has 4 heteroatoms. The summed E-state index contributed by atoms with van der Waals surface area (Å²) in [5.41, 5.74) is -0.987. The van der Waals surface area contributed by atoms with Crippen LogP contribution in [0.15, 0.2) is 0 Å². The number of carbonyl (C=O) groups is 1. The number of esters is 1. The normalized spacial score (nSPS) is 13.6. The molecule has 0 aliphatic carbocycles. The van der Waals surface area contributed by atoms with Crippen LogP contribution in [0.25, 0.3) is 0 Å². The largest absolute Gasteiger partial charge is 0.462 e. The zero-order valence-corrected chi connectivity index (χ0v) is 12.3. The van der Waals surface area contributed by atoms with Gasteiger partial charge in [-0.2, -0.15) is 0 Å². The van der Waals surface area contributed by atoms with Gasteiger partial charge in [0.1, 0.15) is 0 Å². The molecular weight excluding hydrogens is 220 g/mol. The summed E-state index contributed by atoms with van der Waals surface area (Å²) in [5, 5.41) is 0. The molecular formula is C13H26O4. The van der Waals surface area contributed by atoms with Gasteiger partial charge >= 0.3 is 5.97 Å². The molecule has 0 aromatic heterocycles. The molecule has 0 unspecified atom stereocenters. The lowest BCUT2D eigenvalue weighted by atomic mass is 10.1. The van der Waals surface area contributed by atoms with E-state index in [9.17, 15) is 4.79 Å². The summed E-state index contributed by atoms with van der Waals surface area (Å²) in [6.07, 6.45) is 0. The van der Waals surface area contributed by atoms with E-state index in [1.807, 2.05) is 41.5 Å². The Labute approximate surface area is 105 Å². The second-order valence-corrected chi connectivity index (χ2v) is 6.10. The Morgan fingerprint density at radius 3 is 1.47 bits per heavy atom. The van der Waals surface area contributed by atoms with Gasteiger partial charge in [0.25, 0.3) is 5.79 Å². The average molecular weight is 246 g/mol. The highest BCUT2D eigenvalue weighted by Gasteiger charge is 2.44. The van der Waals surface area contributed by atoms with Gasteiger partial charge in [0.05, 0.1) is 17.8 Å². The van der Waals surface area contributed by atoms with Gasteiger partial charge in [-0.25, -0.2) is 4.79 Å². The van der Waals surface area contributed by atoms with Crippen molar-refractivity contribution in [2.45, 2.75) is 72.4 Å². The van der Waals surface area contributed by atoms with Crippen LogP contribution in [-0.4, -0.2) is 29.6 Å². The lowest BCUT2D eigenvalue weighted by Crippen LogP contribution is -2.51. The molecule has 0 aliphatic rings. The fourth-order valence-corrected chi connectivity index (χ4v) is 1.53. The van der Waals surface area contributed by atoms with E-state index in [4.69, 9.17) is 14.2 Å². The van der Waals surface area contributed by atoms with Crippen LogP contribution in [0.5, 0.6) is 0 Å². The third-order valence-corrected chi connectivity index (χ3v) is 1.65. The molecule has 0 bridgehead atoms. The molecule has 0 saturated heterocycles. The molecule has 0 atom stereocenters.